The van der Waals surface area contributed by atoms with Crippen LogP contribution in [0.5, 0.6) is 0 Å². The van der Waals surface area contributed by atoms with Gasteiger partial charge < -0.3 is 4.74 Å². The molecule has 0 aromatic heterocycles. The number of esters is 1. The van der Waals surface area contributed by atoms with Gasteiger partial charge in [0.15, 0.2) is 0 Å². The zero-order chi connectivity index (χ0) is 14.8. The largest absolute Gasteiger partial charge is 0.461 e. The summed E-state index contributed by atoms with van der Waals surface area (Å²) in [5.41, 5.74) is 0. The zero-order valence-electron chi connectivity index (χ0n) is 13.2. The first-order valence-electron chi connectivity index (χ1n) is 8.37. The van der Waals surface area contributed by atoms with Crippen molar-refractivity contribution < 1.29 is 9.53 Å². The molecule has 1 aliphatic heterocycles. The fourth-order valence-electron chi connectivity index (χ4n) is 2.94. The van der Waals surface area contributed by atoms with Gasteiger partial charge in [0.1, 0.15) is 6.10 Å². The summed E-state index contributed by atoms with van der Waals surface area (Å²) in [6, 6.07) is 0. The van der Waals surface area contributed by atoms with E-state index < -0.39 is 0 Å². The van der Waals surface area contributed by atoms with Gasteiger partial charge >= 0.3 is 5.97 Å². The minimum atomic E-state index is -0.122. The number of hydrogen-bond acceptors (Lipinski definition) is 2. The van der Waals surface area contributed by atoms with Gasteiger partial charge in [-0.2, -0.15) is 0 Å². The highest BCUT2D eigenvalue weighted by atomic mass is 16.6. The van der Waals surface area contributed by atoms with Crippen molar-refractivity contribution in [1.29, 1.82) is 0 Å². The fourth-order valence-corrected chi connectivity index (χ4v) is 2.94. The topological polar surface area (TPSA) is 26.3 Å². The Balaban J connectivity index is 2.02. The third-order valence-corrected chi connectivity index (χ3v) is 4.36. The van der Waals surface area contributed by atoms with Gasteiger partial charge in [0, 0.05) is 0 Å². The summed E-state index contributed by atoms with van der Waals surface area (Å²) >= 11 is 0. The van der Waals surface area contributed by atoms with Gasteiger partial charge in [-0.1, -0.05) is 71.1 Å². The molecule has 1 heterocycles. The third kappa shape index (κ3) is 5.57. The van der Waals surface area contributed by atoms with E-state index in [9.17, 15) is 4.79 Å². The lowest BCUT2D eigenvalue weighted by Gasteiger charge is -2.13. The molecule has 0 aliphatic carbocycles. The molecule has 2 nitrogen and oxygen atoms in total. The molecule has 20 heavy (non-hydrogen) atoms. The molecule has 0 N–H and O–H groups in total. The van der Waals surface area contributed by atoms with Crippen molar-refractivity contribution in [3.8, 4) is 12.3 Å². The van der Waals surface area contributed by atoms with Crippen LogP contribution in [0.4, 0.5) is 0 Å². The number of carbonyl (C=O) groups is 1. The van der Waals surface area contributed by atoms with Crippen molar-refractivity contribution in [3.63, 3.8) is 0 Å². The van der Waals surface area contributed by atoms with E-state index >= 15 is 0 Å². The van der Waals surface area contributed by atoms with Gasteiger partial charge in [-0.05, 0) is 12.8 Å². The monoisotopic (exact) mass is 278 g/mol. The van der Waals surface area contributed by atoms with Crippen LogP contribution >= 0.6 is 0 Å². The van der Waals surface area contributed by atoms with Gasteiger partial charge in [-0.3, -0.25) is 4.79 Å². The van der Waals surface area contributed by atoms with Crippen molar-refractivity contribution >= 4 is 5.97 Å². The summed E-state index contributed by atoms with van der Waals surface area (Å²) in [6.07, 6.45) is 18.2. The molecule has 0 aromatic rings. The SMILES string of the molecule is C#C[C@@H]1[C@H](C)C(=O)O[C@@H]1CCCCCCCCCCC. The number of rotatable bonds is 10. The fraction of sp³-hybridized carbons (Fsp3) is 0.833. The van der Waals surface area contributed by atoms with Crippen molar-refractivity contribution in [2.24, 2.45) is 11.8 Å². The summed E-state index contributed by atoms with van der Waals surface area (Å²) < 4.78 is 5.37. The summed E-state index contributed by atoms with van der Waals surface area (Å²) in [6.45, 7) is 4.13. The van der Waals surface area contributed by atoms with Gasteiger partial charge in [-0.15, -0.1) is 6.42 Å². The van der Waals surface area contributed by atoms with Crippen molar-refractivity contribution in [1.82, 2.24) is 0 Å². The number of unbranched alkanes of at least 4 members (excludes halogenated alkanes) is 8. The van der Waals surface area contributed by atoms with Gasteiger partial charge in [0.25, 0.3) is 0 Å². The number of terminal acetylenes is 1. The molecular formula is C18H30O2. The first-order chi connectivity index (χ1) is 9.70. The van der Waals surface area contributed by atoms with Crippen LogP contribution in [0.25, 0.3) is 0 Å². The maximum absolute atomic E-state index is 11.5. The first kappa shape index (κ1) is 17.1. The summed E-state index contributed by atoms with van der Waals surface area (Å²) in [7, 11) is 0. The Kier molecular flexibility index (Phi) is 8.42. The maximum Gasteiger partial charge on any atom is 0.310 e. The van der Waals surface area contributed by atoms with E-state index in [1.807, 2.05) is 6.92 Å². The molecule has 1 aliphatic rings. The van der Waals surface area contributed by atoms with Crippen LogP contribution in [0.15, 0.2) is 0 Å². The molecule has 0 radical (unpaired) electrons. The Morgan fingerprint density at radius 1 is 1.05 bits per heavy atom. The van der Waals surface area contributed by atoms with E-state index in [1.54, 1.807) is 0 Å². The predicted octanol–water partition coefficient (Wildman–Crippen LogP) is 4.72. The highest BCUT2D eigenvalue weighted by Gasteiger charge is 2.40. The standard InChI is InChI=1S/C18H30O2/c1-4-6-7-8-9-10-11-12-13-14-17-16(5-2)15(3)18(19)20-17/h2,15-17H,4,6-14H2,1,3H3/t15-,16+,17+/m0/s1. The Labute approximate surface area is 124 Å². The summed E-state index contributed by atoms with van der Waals surface area (Å²) in [5.74, 6) is 2.47. The molecule has 0 aromatic carbocycles. The molecule has 0 spiro atoms. The number of cyclic esters (lactones) is 1. The molecule has 114 valence electrons. The Bertz CT molecular complexity index is 316. The first-order valence-corrected chi connectivity index (χ1v) is 8.37. The number of ether oxygens (including phenoxy) is 1. The molecule has 1 fully saturated rings. The van der Waals surface area contributed by atoms with Crippen LogP contribution in [-0.2, 0) is 9.53 Å². The molecule has 1 rings (SSSR count). The van der Waals surface area contributed by atoms with Crippen LogP contribution in [0.2, 0.25) is 0 Å². The molecule has 0 saturated carbocycles. The normalized spacial score (nSPS) is 25.4. The second-order valence-corrected chi connectivity index (χ2v) is 6.07. The van der Waals surface area contributed by atoms with Crippen molar-refractivity contribution in [2.75, 3.05) is 0 Å². The van der Waals surface area contributed by atoms with Gasteiger partial charge in [0.05, 0.1) is 11.8 Å². The summed E-state index contributed by atoms with van der Waals surface area (Å²) in [4.78, 5) is 11.5. The van der Waals surface area contributed by atoms with E-state index in [0.717, 1.165) is 12.8 Å². The lowest BCUT2D eigenvalue weighted by Crippen LogP contribution is -2.17. The third-order valence-electron chi connectivity index (χ3n) is 4.36. The molecule has 2 heteroatoms. The molecule has 1 saturated heterocycles. The zero-order valence-corrected chi connectivity index (χ0v) is 13.2. The Hall–Kier alpha value is -0.970. The van der Waals surface area contributed by atoms with Crippen molar-refractivity contribution in [3.05, 3.63) is 0 Å². The molecular weight excluding hydrogens is 248 g/mol. The van der Waals surface area contributed by atoms with E-state index in [2.05, 4.69) is 12.8 Å². The van der Waals surface area contributed by atoms with Crippen LogP contribution < -0.4 is 0 Å². The minimum absolute atomic E-state index is 0.0171. The average Bonchev–Trinajstić information content (AvgIpc) is 2.72. The molecule has 0 unspecified atom stereocenters. The molecule has 3 atom stereocenters. The predicted molar refractivity (Wildman–Crippen MR) is 83.2 cm³/mol. The van der Waals surface area contributed by atoms with Crippen LogP contribution in [-0.4, -0.2) is 12.1 Å². The Morgan fingerprint density at radius 3 is 2.15 bits per heavy atom. The van der Waals surface area contributed by atoms with E-state index in [0.29, 0.717) is 0 Å². The van der Waals surface area contributed by atoms with E-state index in [4.69, 9.17) is 11.2 Å². The van der Waals surface area contributed by atoms with Gasteiger partial charge in [0.2, 0.25) is 0 Å². The highest BCUT2D eigenvalue weighted by molar-refractivity contribution is 5.75. The smallest absolute Gasteiger partial charge is 0.310 e. The summed E-state index contributed by atoms with van der Waals surface area (Å²) in [5, 5.41) is 0. The maximum atomic E-state index is 11.5. The average molecular weight is 278 g/mol. The Morgan fingerprint density at radius 2 is 1.60 bits per heavy atom. The van der Waals surface area contributed by atoms with Crippen LogP contribution in [0.1, 0.15) is 78.1 Å². The minimum Gasteiger partial charge on any atom is -0.461 e. The van der Waals surface area contributed by atoms with Gasteiger partial charge in [-0.25, -0.2) is 0 Å². The lowest BCUT2D eigenvalue weighted by atomic mass is 9.90. The molecule has 0 amide bonds. The second kappa shape index (κ2) is 9.86. The molecule has 0 bridgehead atoms. The second-order valence-electron chi connectivity index (χ2n) is 6.07. The lowest BCUT2D eigenvalue weighted by molar-refractivity contribution is -0.144. The van der Waals surface area contributed by atoms with Crippen LogP contribution in [0, 0.1) is 24.2 Å². The highest BCUT2D eigenvalue weighted by Crippen LogP contribution is 2.30. The van der Waals surface area contributed by atoms with Crippen molar-refractivity contribution in [2.45, 2.75) is 84.2 Å². The van der Waals surface area contributed by atoms with E-state index in [1.165, 1.54) is 51.4 Å². The quantitative estimate of drug-likeness (QED) is 0.328. The number of hydrogen-bond donors (Lipinski definition) is 0. The number of carbonyl (C=O) groups excluding carboxylic acids is 1. The van der Waals surface area contributed by atoms with E-state index in [-0.39, 0.29) is 23.9 Å². The van der Waals surface area contributed by atoms with Crippen LogP contribution in [0.3, 0.4) is 0 Å².